The summed E-state index contributed by atoms with van der Waals surface area (Å²) < 4.78 is 44.9. The third-order valence-electron chi connectivity index (χ3n) is 4.88. The van der Waals surface area contributed by atoms with Gasteiger partial charge in [0.25, 0.3) is 5.69 Å². The largest absolute Gasteiger partial charge is 0.493 e. The molecule has 0 unspecified atom stereocenters. The van der Waals surface area contributed by atoms with Crippen molar-refractivity contribution in [2.24, 2.45) is 0 Å². The SMILES string of the molecule is COc1ccc(-c2nnc3ccc(OCCNS(=O)(=O)c4ccccc4[N+](=O)[O-])nn23)cc1OC. The Bertz CT molecular complexity index is 1490. The molecular weight excluding hydrogens is 480 g/mol. The molecule has 4 aromatic rings. The fourth-order valence-electron chi connectivity index (χ4n) is 3.25. The van der Waals surface area contributed by atoms with Gasteiger partial charge < -0.3 is 14.2 Å². The molecule has 1 N–H and O–H groups in total. The van der Waals surface area contributed by atoms with Crippen LogP contribution in [0.3, 0.4) is 0 Å². The molecule has 35 heavy (non-hydrogen) atoms. The van der Waals surface area contributed by atoms with Crippen molar-refractivity contribution in [3.8, 4) is 28.8 Å². The van der Waals surface area contributed by atoms with E-state index < -0.39 is 25.5 Å². The Hall–Kier alpha value is -4.30. The van der Waals surface area contributed by atoms with Crippen LogP contribution in [0.5, 0.6) is 17.4 Å². The van der Waals surface area contributed by atoms with Crippen LogP contribution in [0.2, 0.25) is 0 Å². The van der Waals surface area contributed by atoms with Crippen LogP contribution in [-0.4, -0.2) is 60.5 Å². The van der Waals surface area contributed by atoms with E-state index in [-0.39, 0.29) is 19.0 Å². The van der Waals surface area contributed by atoms with Crippen molar-refractivity contribution in [1.29, 1.82) is 0 Å². The maximum absolute atomic E-state index is 12.5. The van der Waals surface area contributed by atoms with Crippen molar-refractivity contribution in [1.82, 2.24) is 24.5 Å². The fourth-order valence-corrected chi connectivity index (χ4v) is 4.43. The number of nitro groups is 1. The number of para-hydroxylation sites is 1. The van der Waals surface area contributed by atoms with Gasteiger partial charge in [0.05, 0.1) is 19.1 Å². The summed E-state index contributed by atoms with van der Waals surface area (Å²) in [5.74, 6) is 1.71. The Kier molecular flexibility index (Phi) is 6.75. The maximum atomic E-state index is 12.5. The van der Waals surface area contributed by atoms with Gasteiger partial charge in [0.2, 0.25) is 15.9 Å². The molecule has 13 nitrogen and oxygen atoms in total. The second kappa shape index (κ2) is 9.90. The first-order valence-electron chi connectivity index (χ1n) is 10.1. The molecule has 0 aliphatic heterocycles. The highest BCUT2D eigenvalue weighted by Crippen LogP contribution is 2.31. The highest BCUT2D eigenvalue weighted by Gasteiger charge is 2.24. The van der Waals surface area contributed by atoms with Gasteiger partial charge in [-0.15, -0.1) is 15.3 Å². The van der Waals surface area contributed by atoms with Gasteiger partial charge in [-0.3, -0.25) is 10.1 Å². The topological polar surface area (TPSA) is 160 Å². The number of methoxy groups -OCH3 is 2. The Morgan fingerprint density at radius 2 is 1.80 bits per heavy atom. The molecule has 0 aliphatic carbocycles. The number of nitro benzene ring substituents is 1. The molecule has 2 aromatic heterocycles. The van der Waals surface area contributed by atoms with Gasteiger partial charge >= 0.3 is 0 Å². The number of sulfonamides is 1. The minimum Gasteiger partial charge on any atom is -0.493 e. The predicted octanol–water partition coefficient (Wildman–Crippen LogP) is 2.07. The van der Waals surface area contributed by atoms with E-state index in [1.807, 2.05) is 0 Å². The number of aromatic nitrogens is 4. The molecule has 2 heterocycles. The lowest BCUT2D eigenvalue weighted by Crippen LogP contribution is -2.29. The zero-order chi connectivity index (χ0) is 25.0. The molecule has 0 aliphatic rings. The second-order valence-electron chi connectivity index (χ2n) is 7.01. The number of rotatable bonds is 10. The van der Waals surface area contributed by atoms with Gasteiger partial charge in [-0.25, -0.2) is 13.1 Å². The number of ether oxygens (including phenoxy) is 3. The van der Waals surface area contributed by atoms with E-state index in [1.165, 1.54) is 36.9 Å². The molecule has 0 spiro atoms. The van der Waals surface area contributed by atoms with Gasteiger partial charge in [-0.05, 0) is 30.3 Å². The molecule has 0 atom stereocenters. The summed E-state index contributed by atoms with van der Waals surface area (Å²) in [7, 11) is -1.05. The average molecular weight is 500 g/mol. The van der Waals surface area contributed by atoms with Crippen LogP contribution < -0.4 is 18.9 Å². The van der Waals surface area contributed by atoms with Crippen molar-refractivity contribution in [3.05, 3.63) is 64.7 Å². The van der Waals surface area contributed by atoms with E-state index >= 15 is 0 Å². The Labute approximate surface area is 199 Å². The van der Waals surface area contributed by atoms with E-state index in [0.717, 1.165) is 6.07 Å². The van der Waals surface area contributed by atoms with Crippen LogP contribution in [0.25, 0.3) is 17.0 Å². The first kappa shape index (κ1) is 23.8. The van der Waals surface area contributed by atoms with Gasteiger partial charge in [-0.1, -0.05) is 12.1 Å². The third-order valence-corrected chi connectivity index (χ3v) is 6.38. The highest BCUT2D eigenvalue weighted by molar-refractivity contribution is 7.89. The fraction of sp³-hybridized carbons (Fsp3) is 0.190. The van der Waals surface area contributed by atoms with Gasteiger partial charge in [0.1, 0.15) is 6.61 Å². The van der Waals surface area contributed by atoms with Crippen molar-refractivity contribution < 1.29 is 27.6 Å². The third kappa shape index (κ3) is 4.97. The van der Waals surface area contributed by atoms with Crippen molar-refractivity contribution in [3.63, 3.8) is 0 Å². The lowest BCUT2D eigenvalue weighted by atomic mass is 10.2. The molecule has 182 valence electrons. The zero-order valence-corrected chi connectivity index (χ0v) is 19.4. The minimum atomic E-state index is -4.11. The summed E-state index contributed by atoms with van der Waals surface area (Å²) in [6, 6.07) is 13.6. The zero-order valence-electron chi connectivity index (χ0n) is 18.6. The summed E-state index contributed by atoms with van der Waals surface area (Å²) >= 11 is 0. The average Bonchev–Trinajstić information content (AvgIpc) is 3.29. The van der Waals surface area contributed by atoms with Crippen LogP contribution in [-0.2, 0) is 10.0 Å². The predicted molar refractivity (Wildman–Crippen MR) is 123 cm³/mol. The molecule has 0 saturated heterocycles. The molecular formula is C21H20N6O7S. The first-order chi connectivity index (χ1) is 16.8. The maximum Gasteiger partial charge on any atom is 0.289 e. The normalized spacial score (nSPS) is 11.4. The number of hydrogen-bond acceptors (Lipinski definition) is 10. The number of fused-ring (bicyclic) bond motifs is 1. The van der Waals surface area contributed by atoms with Crippen molar-refractivity contribution in [2.45, 2.75) is 4.90 Å². The standard InChI is InChI=1S/C21H20N6O7S/c1-32-16-8-7-14(13-17(16)33-2)21-24-23-19-9-10-20(25-26(19)21)34-12-11-22-35(30,31)18-6-4-3-5-15(18)27(28)29/h3-10,13,22H,11-12H2,1-2H3. The van der Waals surface area contributed by atoms with Crippen molar-refractivity contribution in [2.75, 3.05) is 27.4 Å². The van der Waals surface area contributed by atoms with E-state index in [4.69, 9.17) is 14.2 Å². The lowest BCUT2D eigenvalue weighted by molar-refractivity contribution is -0.387. The molecule has 4 rings (SSSR count). The van der Waals surface area contributed by atoms with Crippen molar-refractivity contribution >= 4 is 21.4 Å². The quantitative estimate of drug-likeness (QED) is 0.194. The van der Waals surface area contributed by atoms with Gasteiger partial charge in [0, 0.05) is 24.2 Å². The monoisotopic (exact) mass is 500 g/mol. The van der Waals surface area contributed by atoms with Gasteiger partial charge in [0.15, 0.2) is 27.9 Å². The molecule has 0 radical (unpaired) electrons. The molecule has 2 aromatic carbocycles. The summed E-state index contributed by atoms with van der Waals surface area (Å²) in [6.07, 6.45) is 0. The van der Waals surface area contributed by atoms with E-state index in [9.17, 15) is 18.5 Å². The number of benzene rings is 2. The van der Waals surface area contributed by atoms with Crippen LogP contribution in [0.4, 0.5) is 5.69 Å². The summed E-state index contributed by atoms with van der Waals surface area (Å²) in [5, 5.41) is 23.8. The Balaban J connectivity index is 1.47. The van der Waals surface area contributed by atoms with E-state index in [2.05, 4.69) is 20.0 Å². The molecule has 0 fully saturated rings. The van der Waals surface area contributed by atoms with Crippen LogP contribution in [0, 0.1) is 10.1 Å². The first-order valence-corrected chi connectivity index (χ1v) is 11.6. The summed E-state index contributed by atoms with van der Waals surface area (Å²) in [4.78, 5) is 9.95. The number of nitrogens with zero attached hydrogens (tertiary/aromatic N) is 5. The second-order valence-corrected chi connectivity index (χ2v) is 8.74. The Morgan fingerprint density at radius 1 is 1.03 bits per heavy atom. The molecule has 0 amide bonds. The summed E-state index contributed by atoms with van der Waals surface area (Å²) in [6.45, 7) is -0.217. The number of hydrogen-bond donors (Lipinski definition) is 1. The molecule has 0 saturated carbocycles. The van der Waals surface area contributed by atoms with E-state index in [1.54, 1.807) is 30.3 Å². The smallest absolute Gasteiger partial charge is 0.289 e. The van der Waals surface area contributed by atoms with Crippen LogP contribution >= 0.6 is 0 Å². The molecule has 0 bridgehead atoms. The minimum absolute atomic E-state index is 0.0772. The highest BCUT2D eigenvalue weighted by atomic mass is 32.2. The Morgan fingerprint density at radius 3 is 2.54 bits per heavy atom. The lowest BCUT2D eigenvalue weighted by Gasteiger charge is -2.10. The number of nitrogens with one attached hydrogen (secondary N) is 1. The molecule has 14 heteroatoms. The summed E-state index contributed by atoms with van der Waals surface area (Å²) in [5.41, 5.74) is 0.638. The van der Waals surface area contributed by atoms with Crippen LogP contribution in [0.15, 0.2) is 59.5 Å². The van der Waals surface area contributed by atoms with E-state index in [0.29, 0.717) is 28.5 Å². The van der Waals surface area contributed by atoms with Gasteiger partial charge in [-0.2, -0.15) is 4.52 Å². The van der Waals surface area contributed by atoms with Crippen LogP contribution in [0.1, 0.15) is 0 Å².